The van der Waals surface area contributed by atoms with Gasteiger partial charge in [-0.15, -0.1) is 0 Å². The van der Waals surface area contributed by atoms with Gasteiger partial charge in [0, 0.05) is 6.20 Å². The van der Waals surface area contributed by atoms with E-state index in [0.717, 1.165) is 11.1 Å². The first-order valence-electron chi connectivity index (χ1n) is 13.5. The van der Waals surface area contributed by atoms with Crippen LogP contribution in [0.3, 0.4) is 0 Å². The Hall–Kier alpha value is -4.80. The number of nitrogens with two attached hydrogens (primary N) is 1. The minimum absolute atomic E-state index is 0. The molecule has 1 heterocycles. The highest BCUT2D eigenvalue weighted by molar-refractivity contribution is 5.98. The summed E-state index contributed by atoms with van der Waals surface area (Å²) in [6.07, 6.45) is 2.98. The van der Waals surface area contributed by atoms with Gasteiger partial charge >= 0.3 is 5.97 Å². The molecule has 0 aliphatic carbocycles. The van der Waals surface area contributed by atoms with Crippen LogP contribution >= 0.6 is 0 Å². The molecule has 43 heavy (non-hydrogen) atoms. The monoisotopic (exact) mass is 585 g/mol. The van der Waals surface area contributed by atoms with Gasteiger partial charge in [0.15, 0.2) is 11.9 Å². The van der Waals surface area contributed by atoms with E-state index in [-0.39, 0.29) is 33.1 Å². The van der Waals surface area contributed by atoms with Crippen LogP contribution in [-0.2, 0) is 37.1 Å². The summed E-state index contributed by atoms with van der Waals surface area (Å²) in [4.78, 5) is 43.4. The summed E-state index contributed by atoms with van der Waals surface area (Å²) < 4.78 is 13.0. The molecule has 226 valence electrons. The van der Waals surface area contributed by atoms with Gasteiger partial charge in [0.2, 0.25) is 5.91 Å². The van der Waals surface area contributed by atoms with Crippen LogP contribution in [0.15, 0.2) is 104 Å². The van der Waals surface area contributed by atoms with Gasteiger partial charge in [-0.3, -0.25) is 9.59 Å². The molecule has 4 N–H and O–H groups in total. The molecule has 10 nitrogen and oxygen atoms in total. The molecule has 3 aromatic carbocycles. The third kappa shape index (κ3) is 9.63. The van der Waals surface area contributed by atoms with Crippen LogP contribution in [0.5, 0.6) is 0 Å². The molecule has 2 unspecified atom stereocenters. The predicted molar refractivity (Wildman–Crippen MR) is 165 cm³/mol. The molecule has 10 heteroatoms. The lowest BCUT2D eigenvalue weighted by atomic mass is 10.1. The highest BCUT2D eigenvalue weighted by atomic mass is 16.5. The average Bonchev–Trinajstić information content (AvgIpc) is 3.44. The van der Waals surface area contributed by atoms with Crippen LogP contribution in [0.4, 0.5) is 5.82 Å². The largest absolute Gasteiger partial charge is 0.459 e. The average molecular weight is 586 g/mol. The summed E-state index contributed by atoms with van der Waals surface area (Å²) in [5.74, 6) is -1.35. The van der Waals surface area contributed by atoms with Crippen molar-refractivity contribution >= 4 is 23.6 Å². The second kappa shape index (κ2) is 15.4. The quantitative estimate of drug-likeness (QED) is 0.200. The van der Waals surface area contributed by atoms with Gasteiger partial charge in [0.05, 0.1) is 25.1 Å². The Kier molecular flexibility index (Phi) is 11.7. The standard InChI is InChI=1S/C32H35N5O5.CH4/c1-32(2,33)31(40)35-26(21-41-19-23-12-6-3-7-13-23)29(38)36-27-18-37(22-34-27)28(25-16-10-5-11-17-25)30(39)42-20-24-14-8-4-9-15-24;/h3-18,22,26,28H,19-21,33H2,1-2H3,(H,35,40)(H,36,38);1H4. The Labute approximate surface area is 252 Å². The summed E-state index contributed by atoms with van der Waals surface area (Å²) in [7, 11) is 0. The first kappa shape index (κ1) is 32.7. The van der Waals surface area contributed by atoms with Crippen molar-refractivity contribution in [1.82, 2.24) is 14.9 Å². The van der Waals surface area contributed by atoms with Gasteiger partial charge in [-0.2, -0.15) is 0 Å². The SMILES string of the molecule is C.CC(C)(N)C(=O)NC(COCc1ccccc1)C(=O)Nc1cn(C(C(=O)OCc2ccccc2)c2ccccc2)cn1. The van der Waals surface area contributed by atoms with E-state index in [1.54, 1.807) is 18.4 Å². The van der Waals surface area contributed by atoms with Crippen LogP contribution in [0.1, 0.15) is 44.0 Å². The fraction of sp³-hybridized carbons (Fsp3) is 0.273. The smallest absolute Gasteiger partial charge is 0.334 e. The number of anilines is 1. The zero-order chi connectivity index (χ0) is 30.0. The molecular formula is C33H39N5O5. The number of ether oxygens (including phenoxy) is 2. The summed E-state index contributed by atoms with van der Waals surface area (Å²) in [6.45, 7) is 3.37. The van der Waals surface area contributed by atoms with Gasteiger partial charge in [0.25, 0.3) is 5.91 Å². The second-order valence-electron chi connectivity index (χ2n) is 10.4. The number of hydrogen-bond donors (Lipinski definition) is 3. The number of imidazole rings is 1. The Balaban J connectivity index is 0.00000506. The fourth-order valence-electron chi connectivity index (χ4n) is 4.02. The lowest BCUT2D eigenvalue weighted by Gasteiger charge is -2.23. The first-order chi connectivity index (χ1) is 20.2. The molecular weight excluding hydrogens is 546 g/mol. The number of hydrogen-bond acceptors (Lipinski definition) is 7. The highest BCUT2D eigenvalue weighted by Crippen LogP contribution is 2.22. The van der Waals surface area contributed by atoms with E-state index in [0.29, 0.717) is 5.56 Å². The predicted octanol–water partition coefficient (Wildman–Crippen LogP) is 4.23. The molecule has 4 aromatic rings. The van der Waals surface area contributed by atoms with Crippen molar-refractivity contribution in [3.63, 3.8) is 0 Å². The molecule has 2 atom stereocenters. The lowest BCUT2D eigenvalue weighted by molar-refractivity contribution is -0.147. The molecule has 0 spiro atoms. The van der Waals surface area contributed by atoms with E-state index in [1.165, 1.54) is 12.5 Å². The molecule has 0 aliphatic rings. The van der Waals surface area contributed by atoms with Crippen molar-refractivity contribution in [3.8, 4) is 0 Å². The second-order valence-corrected chi connectivity index (χ2v) is 10.4. The molecule has 0 fully saturated rings. The number of rotatable bonds is 13. The third-order valence-electron chi connectivity index (χ3n) is 6.32. The maximum atomic E-state index is 13.3. The molecule has 0 radical (unpaired) electrons. The fourth-order valence-corrected chi connectivity index (χ4v) is 4.02. The molecule has 2 amide bonds. The molecule has 4 rings (SSSR count). The van der Waals surface area contributed by atoms with Gasteiger partial charge in [0.1, 0.15) is 12.6 Å². The van der Waals surface area contributed by atoms with Crippen LogP contribution in [0.25, 0.3) is 0 Å². The van der Waals surface area contributed by atoms with Crippen molar-refractivity contribution in [2.24, 2.45) is 5.73 Å². The number of aromatic nitrogens is 2. The van der Waals surface area contributed by atoms with E-state index < -0.39 is 35.4 Å². The number of nitrogens with one attached hydrogen (secondary N) is 2. The number of nitrogens with zero attached hydrogens (tertiary/aromatic N) is 2. The van der Waals surface area contributed by atoms with Crippen molar-refractivity contribution in [2.45, 2.75) is 52.1 Å². The minimum atomic E-state index is -1.21. The third-order valence-corrected chi connectivity index (χ3v) is 6.32. The van der Waals surface area contributed by atoms with Crippen molar-refractivity contribution < 1.29 is 23.9 Å². The lowest BCUT2D eigenvalue weighted by Crippen LogP contribution is -2.56. The summed E-state index contributed by atoms with van der Waals surface area (Å²) >= 11 is 0. The van der Waals surface area contributed by atoms with E-state index in [1.807, 2.05) is 91.0 Å². The Bertz CT molecular complexity index is 1450. The van der Waals surface area contributed by atoms with Crippen LogP contribution in [0.2, 0.25) is 0 Å². The molecule has 1 aromatic heterocycles. The van der Waals surface area contributed by atoms with Crippen molar-refractivity contribution in [2.75, 3.05) is 11.9 Å². The van der Waals surface area contributed by atoms with Gasteiger partial charge in [-0.25, -0.2) is 9.78 Å². The number of carbonyl (C=O) groups excluding carboxylic acids is 3. The Morgan fingerprint density at radius 2 is 1.44 bits per heavy atom. The molecule has 0 bridgehead atoms. The normalized spacial score (nSPS) is 12.3. The van der Waals surface area contributed by atoms with E-state index in [2.05, 4.69) is 15.6 Å². The van der Waals surface area contributed by atoms with Crippen molar-refractivity contribution in [1.29, 1.82) is 0 Å². The molecule has 0 saturated heterocycles. The number of amides is 2. The summed E-state index contributed by atoms with van der Waals surface area (Å²) in [5.41, 5.74) is 7.21. The summed E-state index contributed by atoms with van der Waals surface area (Å²) in [6, 6.07) is 26.1. The Morgan fingerprint density at radius 3 is 2.02 bits per heavy atom. The molecule has 0 aliphatic heterocycles. The van der Waals surface area contributed by atoms with Crippen LogP contribution in [-0.4, -0.2) is 45.5 Å². The van der Waals surface area contributed by atoms with Crippen LogP contribution in [0, 0.1) is 0 Å². The zero-order valence-corrected chi connectivity index (χ0v) is 23.6. The number of esters is 1. The minimum Gasteiger partial charge on any atom is -0.459 e. The van der Waals surface area contributed by atoms with E-state index >= 15 is 0 Å². The van der Waals surface area contributed by atoms with Crippen LogP contribution < -0.4 is 16.4 Å². The topological polar surface area (TPSA) is 138 Å². The maximum Gasteiger partial charge on any atom is 0.334 e. The van der Waals surface area contributed by atoms with Gasteiger partial charge in [-0.1, -0.05) is 98.4 Å². The first-order valence-corrected chi connectivity index (χ1v) is 13.5. The van der Waals surface area contributed by atoms with E-state index in [9.17, 15) is 14.4 Å². The number of benzene rings is 3. The number of carbonyl (C=O) groups is 3. The zero-order valence-electron chi connectivity index (χ0n) is 23.6. The van der Waals surface area contributed by atoms with Gasteiger partial charge in [-0.05, 0) is 30.5 Å². The van der Waals surface area contributed by atoms with E-state index in [4.69, 9.17) is 15.2 Å². The Morgan fingerprint density at radius 1 is 0.884 bits per heavy atom. The van der Waals surface area contributed by atoms with Gasteiger partial charge < -0.3 is 30.4 Å². The molecule has 0 saturated carbocycles. The van der Waals surface area contributed by atoms with Crippen molar-refractivity contribution in [3.05, 3.63) is 120 Å². The maximum absolute atomic E-state index is 13.3. The summed E-state index contributed by atoms with van der Waals surface area (Å²) in [5, 5.41) is 5.37. The highest BCUT2D eigenvalue weighted by Gasteiger charge is 2.29.